The van der Waals surface area contributed by atoms with Gasteiger partial charge < -0.3 is 9.64 Å². The van der Waals surface area contributed by atoms with Crippen LogP contribution in [0.4, 0.5) is 16.2 Å². The highest BCUT2D eigenvalue weighted by molar-refractivity contribution is 6.43. The number of hydrogen-bond donors (Lipinski definition) is 1. The van der Waals surface area contributed by atoms with E-state index < -0.39 is 17.8 Å². The fraction of sp³-hybridized carbons (Fsp3) is 0.296. The summed E-state index contributed by atoms with van der Waals surface area (Å²) >= 11 is 12.1. The van der Waals surface area contributed by atoms with Crippen LogP contribution in [0, 0.1) is 0 Å². The van der Waals surface area contributed by atoms with E-state index in [9.17, 15) is 14.4 Å². The number of anilines is 2. The van der Waals surface area contributed by atoms with Gasteiger partial charge in [0.15, 0.2) is 0 Å². The number of methoxy groups -OCH3 is 1. The van der Waals surface area contributed by atoms with Gasteiger partial charge in [0, 0.05) is 29.4 Å². The number of barbiturate groups is 1. The first-order chi connectivity index (χ1) is 17.0. The minimum atomic E-state index is -0.867. The number of urea groups is 1. The smallest absolute Gasteiger partial charge is 0.335 e. The normalized spacial score (nSPS) is 18.2. The van der Waals surface area contributed by atoms with Crippen LogP contribution < -0.4 is 19.9 Å². The predicted molar refractivity (Wildman–Crippen MR) is 144 cm³/mol. The number of imide groups is 2. The largest absolute Gasteiger partial charge is 0.496 e. The van der Waals surface area contributed by atoms with E-state index >= 15 is 0 Å². The molecule has 9 heteroatoms. The Morgan fingerprint density at radius 1 is 1.08 bits per heavy atom. The van der Waals surface area contributed by atoms with Crippen LogP contribution in [-0.4, -0.2) is 37.0 Å². The van der Waals surface area contributed by atoms with E-state index in [0.717, 1.165) is 34.7 Å². The molecule has 36 heavy (non-hydrogen) atoms. The fourth-order valence-electron chi connectivity index (χ4n) is 4.71. The minimum absolute atomic E-state index is 0.176. The molecule has 4 rings (SSSR count). The SMILES string of the molecule is CCCN1c2cc(OC)c(/C=C3/C(=O)NC(=O)N(c4ccc(Cl)c(Cl)c4)C3=O)cc2C(C)=CC1(C)C. The summed E-state index contributed by atoms with van der Waals surface area (Å²) in [6.07, 6.45) is 4.62. The van der Waals surface area contributed by atoms with Gasteiger partial charge in [-0.3, -0.25) is 14.9 Å². The number of ether oxygens (including phenoxy) is 1. The molecule has 7 nitrogen and oxygen atoms in total. The van der Waals surface area contributed by atoms with Crippen LogP contribution in [0.1, 0.15) is 45.2 Å². The average Bonchev–Trinajstić information content (AvgIpc) is 2.81. The third kappa shape index (κ3) is 4.49. The summed E-state index contributed by atoms with van der Waals surface area (Å²) < 4.78 is 5.67. The number of rotatable bonds is 5. The highest BCUT2D eigenvalue weighted by atomic mass is 35.5. The van der Waals surface area contributed by atoms with Crippen LogP contribution in [-0.2, 0) is 9.59 Å². The zero-order chi connectivity index (χ0) is 26.4. The molecular formula is C27H27Cl2N3O4. The number of halogens is 2. The number of nitrogens with one attached hydrogen (secondary N) is 1. The van der Waals surface area contributed by atoms with E-state index in [1.165, 1.54) is 24.3 Å². The lowest BCUT2D eigenvalue weighted by molar-refractivity contribution is -0.122. The van der Waals surface area contributed by atoms with E-state index in [4.69, 9.17) is 27.9 Å². The highest BCUT2D eigenvalue weighted by Gasteiger charge is 2.38. The zero-order valence-electron chi connectivity index (χ0n) is 20.7. The van der Waals surface area contributed by atoms with Crippen molar-refractivity contribution >= 4 is 64.1 Å². The van der Waals surface area contributed by atoms with Crippen LogP contribution in [0.25, 0.3) is 11.6 Å². The van der Waals surface area contributed by atoms with Gasteiger partial charge >= 0.3 is 6.03 Å². The van der Waals surface area contributed by atoms with Crippen molar-refractivity contribution in [3.05, 3.63) is 63.2 Å². The van der Waals surface area contributed by atoms with Gasteiger partial charge in [0.1, 0.15) is 11.3 Å². The lowest BCUT2D eigenvalue weighted by Crippen LogP contribution is -2.54. The van der Waals surface area contributed by atoms with Crippen molar-refractivity contribution in [3.63, 3.8) is 0 Å². The Bertz CT molecular complexity index is 1350. The van der Waals surface area contributed by atoms with Crippen LogP contribution in [0.5, 0.6) is 5.75 Å². The molecule has 1 N–H and O–H groups in total. The van der Waals surface area contributed by atoms with Gasteiger partial charge in [0.05, 0.1) is 28.4 Å². The molecule has 2 aromatic carbocycles. The summed E-state index contributed by atoms with van der Waals surface area (Å²) in [7, 11) is 1.54. The first-order valence-electron chi connectivity index (χ1n) is 11.5. The average molecular weight is 528 g/mol. The highest BCUT2D eigenvalue weighted by Crippen LogP contribution is 2.43. The maximum Gasteiger partial charge on any atom is 0.335 e. The Hall–Kier alpha value is -3.29. The molecule has 2 aliphatic rings. The molecule has 1 saturated heterocycles. The van der Waals surface area contributed by atoms with E-state index in [0.29, 0.717) is 11.3 Å². The van der Waals surface area contributed by atoms with Crippen LogP contribution >= 0.6 is 23.2 Å². The van der Waals surface area contributed by atoms with E-state index in [1.807, 2.05) is 19.1 Å². The fourth-order valence-corrected chi connectivity index (χ4v) is 5.01. The standard InChI is InChI=1S/C27H27Cl2N3O4/c1-6-9-31-22-13-23(36-5)16(10-18(22)15(2)14-27(31,3)4)11-19-24(33)30-26(35)32(25(19)34)17-7-8-20(28)21(29)12-17/h7-8,10-14H,6,9H2,1-5H3,(H,30,33,35)/b19-11-. The number of carbonyl (C=O) groups excluding carboxylic acids is 3. The van der Waals surface area contributed by atoms with Crippen molar-refractivity contribution in [1.82, 2.24) is 5.32 Å². The number of carbonyl (C=O) groups is 3. The minimum Gasteiger partial charge on any atom is -0.496 e. The van der Waals surface area contributed by atoms with Gasteiger partial charge in [-0.25, -0.2) is 9.69 Å². The molecule has 2 aromatic rings. The number of amides is 4. The second-order valence-corrected chi connectivity index (χ2v) is 10.1. The third-order valence-electron chi connectivity index (χ3n) is 6.34. The molecule has 0 aromatic heterocycles. The molecule has 188 valence electrons. The number of allylic oxidation sites excluding steroid dienone is 1. The van der Waals surface area contributed by atoms with Crippen molar-refractivity contribution in [3.8, 4) is 5.75 Å². The first kappa shape index (κ1) is 25.8. The van der Waals surface area contributed by atoms with Gasteiger partial charge in [-0.05, 0) is 63.1 Å². The van der Waals surface area contributed by atoms with Gasteiger partial charge in [-0.15, -0.1) is 0 Å². The summed E-state index contributed by atoms with van der Waals surface area (Å²) in [5, 5.41) is 2.68. The van der Waals surface area contributed by atoms with Gasteiger partial charge in [-0.2, -0.15) is 0 Å². The summed E-state index contributed by atoms with van der Waals surface area (Å²) in [4.78, 5) is 41.8. The quantitative estimate of drug-likeness (QED) is 0.376. The Kier molecular flexibility index (Phi) is 6.90. The molecule has 0 aliphatic carbocycles. The Labute approximate surface area is 220 Å². The summed E-state index contributed by atoms with van der Waals surface area (Å²) in [5.41, 5.74) is 3.43. The van der Waals surface area contributed by atoms with E-state index in [1.54, 1.807) is 7.11 Å². The topological polar surface area (TPSA) is 79.0 Å². The summed E-state index contributed by atoms with van der Waals surface area (Å²) in [6, 6.07) is 7.33. The van der Waals surface area contributed by atoms with E-state index in [2.05, 4.69) is 37.1 Å². The number of hydrogen-bond acceptors (Lipinski definition) is 5. The monoisotopic (exact) mass is 527 g/mol. The molecular weight excluding hydrogens is 501 g/mol. The van der Waals surface area contributed by atoms with E-state index in [-0.39, 0.29) is 26.8 Å². The number of fused-ring (bicyclic) bond motifs is 1. The van der Waals surface area contributed by atoms with Gasteiger partial charge in [-0.1, -0.05) is 36.2 Å². The van der Waals surface area contributed by atoms with Crippen molar-refractivity contribution in [1.29, 1.82) is 0 Å². The molecule has 0 unspecified atom stereocenters. The first-order valence-corrected chi connectivity index (χ1v) is 12.3. The van der Waals surface area contributed by atoms with Crippen molar-refractivity contribution in [2.75, 3.05) is 23.5 Å². The molecule has 0 atom stereocenters. The summed E-state index contributed by atoms with van der Waals surface area (Å²) in [5.74, 6) is -1.06. The Morgan fingerprint density at radius 3 is 2.44 bits per heavy atom. The third-order valence-corrected chi connectivity index (χ3v) is 7.08. The molecule has 1 fully saturated rings. The second kappa shape index (κ2) is 9.64. The Morgan fingerprint density at radius 2 is 1.81 bits per heavy atom. The lowest BCUT2D eigenvalue weighted by atomic mass is 9.87. The van der Waals surface area contributed by atoms with Gasteiger partial charge in [0.2, 0.25) is 0 Å². The molecule has 2 heterocycles. The molecule has 0 spiro atoms. The molecule has 2 aliphatic heterocycles. The molecule has 0 bridgehead atoms. The molecule has 0 radical (unpaired) electrons. The zero-order valence-corrected chi connectivity index (χ0v) is 22.3. The van der Waals surface area contributed by atoms with Crippen LogP contribution in [0.15, 0.2) is 42.0 Å². The lowest BCUT2D eigenvalue weighted by Gasteiger charge is -2.43. The summed E-state index contributed by atoms with van der Waals surface area (Å²) in [6.45, 7) is 9.35. The van der Waals surface area contributed by atoms with Crippen LogP contribution in [0.3, 0.4) is 0 Å². The van der Waals surface area contributed by atoms with Crippen molar-refractivity contribution in [2.24, 2.45) is 0 Å². The van der Waals surface area contributed by atoms with Crippen LogP contribution in [0.2, 0.25) is 10.0 Å². The number of nitrogens with zero attached hydrogens (tertiary/aromatic N) is 2. The Balaban J connectivity index is 1.82. The number of benzene rings is 2. The van der Waals surface area contributed by atoms with Gasteiger partial charge in [0.25, 0.3) is 11.8 Å². The molecule has 4 amide bonds. The second-order valence-electron chi connectivity index (χ2n) is 9.30. The predicted octanol–water partition coefficient (Wildman–Crippen LogP) is 6.08. The maximum atomic E-state index is 13.4. The molecule has 0 saturated carbocycles. The van der Waals surface area contributed by atoms with Crippen molar-refractivity contribution < 1.29 is 19.1 Å². The van der Waals surface area contributed by atoms with Crippen molar-refractivity contribution in [2.45, 2.75) is 39.7 Å². The maximum absolute atomic E-state index is 13.4.